The van der Waals surface area contributed by atoms with E-state index in [4.69, 9.17) is 22.1 Å². The Morgan fingerprint density at radius 2 is 0.625 bits per heavy atom. The van der Waals surface area contributed by atoms with Gasteiger partial charge in [0.15, 0.2) is 0 Å². The molecule has 0 saturated carbocycles. The van der Waals surface area contributed by atoms with Crippen molar-refractivity contribution in [1.29, 1.82) is 0 Å². The molecule has 0 N–H and O–H groups in total. The molecule has 0 spiro atoms. The minimum atomic E-state index is 0. The van der Waals surface area contributed by atoms with Crippen LogP contribution in [0.3, 0.4) is 0 Å². The van der Waals surface area contributed by atoms with Gasteiger partial charge in [0.25, 0.3) is 0 Å². The molecule has 0 aliphatic rings. The van der Waals surface area contributed by atoms with Gasteiger partial charge in [-0.1, -0.05) is 0 Å². The van der Waals surface area contributed by atoms with Gasteiger partial charge in [-0.3, -0.25) is 9.82 Å². The summed E-state index contributed by atoms with van der Waals surface area (Å²) in [4.78, 5) is 3.00. The first kappa shape index (κ1) is 24.9. The molecule has 0 atom stereocenters. The van der Waals surface area contributed by atoms with Crippen molar-refractivity contribution in [2.24, 2.45) is 0 Å². The van der Waals surface area contributed by atoms with Crippen LogP contribution in [-0.4, -0.2) is 0 Å². The molecule has 0 rings (SSSR count). The fourth-order valence-electron chi connectivity index (χ4n) is 0. The van der Waals surface area contributed by atoms with Crippen LogP contribution < -0.4 is 37.7 Å². The van der Waals surface area contributed by atoms with E-state index in [0.29, 0.717) is 0 Å². The van der Waals surface area contributed by atoms with Crippen LogP contribution in [0.25, 0.3) is 31.9 Å². The van der Waals surface area contributed by atoms with Gasteiger partial charge in [-0.05, 0) is 0 Å². The maximum Gasteiger partial charge on any atom is 1.00 e. The standard InChI is InChI=1S/2Li.2N3/c;;2*1-3-2/q2*+1;2*-1. The van der Waals surface area contributed by atoms with Crippen LogP contribution in [0.1, 0.15) is 0 Å². The Balaban J connectivity index is -0.0000000160. The summed E-state index contributed by atoms with van der Waals surface area (Å²) >= 11 is 0. The van der Waals surface area contributed by atoms with E-state index in [-0.39, 0.29) is 37.7 Å². The van der Waals surface area contributed by atoms with Gasteiger partial charge >= 0.3 is 37.7 Å². The molecule has 0 aliphatic heterocycles. The average Bonchev–Trinajstić information content (AvgIpc) is 1.39. The molecule has 0 aromatic heterocycles. The third kappa shape index (κ3) is 3930. The van der Waals surface area contributed by atoms with E-state index in [0.717, 1.165) is 0 Å². The molecule has 8 heteroatoms. The molecule has 0 aromatic carbocycles. The van der Waals surface area contributed by atoms with Crippen molar-refractivity contribution in [3.05, 3.63) is 31.9 Å². The molecule has 0 heterocycles. The second-order valence-corrected chi connectivity index (χ2v) is 0.179. The Bertz CT molecular complexity index is 60.5. The van der Waals surface area contributed by atoms with Crippen LogP contribution >= 0.6 is 0 Å². The monoisotopic (exact) mass is 98.1 g/mol. The molecule has 0 radical (unpaired) electrons. The van der Waals surface area contributed by atoms with Gasteiger partial charge in [-0.25, -0.2) is 0 Å². The largest absolute Gasteiger partial charge is 1.00 e. The van der Waals surface area contributed by atoms with Crippen molar-refractivity contribution < 1.29 is 37.7 Å². The first-order valence-electron chi connectivity index (χ1n) is 0.800. The van der Waals surface area contributed by atoms with Gasteiger partial charge in [0.2, 0.25) is 0 Å². The molecule has 0 unspecified atom stereocenters. The van der Waals surface area contributed by atoms with Gasteiger partial charge < -0.3 is 22.1 Å². The van der Waals surface area contributed by atoms with E-state index in [1.807, 2.05) is 0 Å². The second-order valence-electron chi connectivity index (χ2n) is 0.179. The molecule has 32 valence electrons. The Morgan fingerprint density at radius 3 is 0.625 bits per heavy atom. The van der Waals surface area contributed by atoms with E-state index in [2.05, 4.69) is 0 Å². The van der Waals surface area contributed by atoms with Crippen LogP contribution in [0, 0.1) is 0 Å². The fraction of sp³-hybridized carbons (Fsp3) is 0. The summed E-state index contributed by atoms with van der Waals surface area (Å²) in [5.74, 6) is 0. The third-order valence-corrected chi connectivity index (χ3v) is 0. The minimum absolute atomic E-state index is 0. The van der Waals surface area contributed by atoms with Gasteiger partial charge in [-0.15, -0.1) is 0 Å². The van der Waals surface area contributed by atoms with Crippen molar-refractivity contribution >= 4 is 0 Å². The van der Waals surface area contributed by atoms with E-state index in [9.17, 15) is 0 Å². The van der Waals surface area contributed by atoms with E-state index >= 15 is 0 Å². The number of hydrogen-bond donors (Lipinski definition) is 0. The Labute approximate surface area is 69.8 Å². The zero-order valence-corrected chi connectivity index (χ0v) is 4.68. The van der Waals surface area contributed by atoms with Gasteiger partial charge in [0.05, 0.1) is 0 Å². The zero-order chi connectivity index (χ0) is 5.41. The smallest absolute Gasteiger partial charge is 0.373 e. The Hall–Kier alpha value is -0.185. The summed E-state index contributed by atoms with van der Waals surface area (Å²) in [7, 11) is 0. The summed E-state index contributed by atoms with van der Waals surface area (Å²) in [6.07, 6.45) is 0. The van der Waals surface area contributed by atoms with Gasteiger partial charge in [-0.2, -0.15) is 0 Å². The summed E-state index contributed by atoms with van der Waals surface area (Å²) < 4.78 is 0. The quantitative estimate of drug-likeness (QED) is 0.126. The number of hydrogen-bond acceptors (Lipinski definition) is 0. The van der Waals surface area contributed by atoms with Crippen molar-refractivity contribution in [2.45, 2.75) is 0 Å². The minimum Gasteiger partial charge on any atom is -0.373 e. The zero-order valence-electron chi connectivity index (χ0n) is 4.68. The normalized spacial score (nSPS) is 2.00. The Kier molecular flexibility index (Phi) is 218. The number of nitrogens with zero attached hydrogens (tertiary/aromatic N) is 6. The van der Waals surface area contributed by atoms with E-state index in [1.54, 1.807) is 0 Å². The first-order chi connectivity index (χ1) is 2.83. The van der Waals surface area contributed by atoms with Crippen LogP contribution in [0.2, 0.25) is 0 Å². The molecular formula is Li2N6. The molecular weight excluding hydrogens is 97.9 g/mol. The maximum atomic E-state index is 6.75. The van der Waals surface area contributed by atoms with E-state index in [1.165, 1.54) is 9.82 Å². The van der Waals surface area contributed by atoms with Crippen molar-refractivity contribution in [3.63, 3.8) is 0 Å². The molecule has 0 saturated heterocycles. The predicted octanol–water partition coefficient (Wildman–Crippen LogP) is -4.26. The average molecular weight is 97.9 g/mol. The van der Waals surface area contributed by atoms with Gasteiger partial charge in [0.1, 0.15) is 0 Å². The van der Waals surface area contributed by atoms with Crippen molar-refractivity contribution in [2.75, 3.05) is 0 Å². The summed E-state index contributed by atoms with van der Waals surface area (Å²) in [6, 6.07) is 0. The molecule has 0 bridgehead atoms. The van der Waals surface area contributed by atoms with Crippen LogP contribution in [-0.2, 0) is 0 Å². The number of rotatable bonds is 0. The summed E-state index contributed by atoms with van der Waals surface area (Å²) in [5.41, 5.74) is 27.0. The Morgan fingerprint density at radius 1 is 0.625 bits per heavy atom. The molecule has 8 heavy (non-hydrogen) atoms. The fourth-order valence-corrected chi connectivity index (χ4v) is 0. The van der Waals surface area contributed by atoms with E-state index < -0.39 is 0 Å². The van der Waals surface area contributed by atoms with Crippen LogP contribution in [0.4, 0.5) is 0 Å². The molecule has 0 aliphatic carbocycles. The molecule has 0 fully saturated rings. The predicted molar refractivity (Wildman–Crippen MR) is 20.2 cm³/mol. The van der Waals surface area contributed by atoms with Crippen LogP contribution in [0.15, 0.2) is 0 Å². The molecule has 0 amide bonds. The molecule has 0 aromatic rings. The van der Waals surface area contributed by atoms with Crippen molar-refractivity contribution in [1.82, 2.24) is 0 Å². The third-order valence-electron chi connectivity index (χ3n) is 0. The maximum absolute atomic E-state index is 6.75. The summed E-state index contributed by atoms with van der Waals surface area (Å²) in [6.45, 7) is 0. The SMILES string of the molecule is [Li+].[Li+].[N-]=[N+]=[N-].[N-]=[N+]=[N-]. The molecule has 6 nitrogen and oxygen atoms in total. The van der Waals surface area contributed by atoms with Crippen molar-refractivity contribution in [3.8, 4) is 0 Å². The second kappa shape index (κ2) is 70.0. The summed E-state index contributed by atoms with van der Waals surface area (Å²) in [5, 5.41) is 0. The first-order valence-corrected chi connectivity index (χ1v) is 0.800. The van der Waals surface area contributed by atoms with Crippen LogP contribution in [0.5, 0.6) is 0 Å². The van der Waals surface area contributed by atoms with Gasteiger partial charge in [0, 0.05) is 0 Å². The topological polar surface area (TPSA) is 117 Å².